The van der Waals surface area contributed by atoms with Gasteiger partial charge in [0, 0.05) is 5.54 Å². The minimum absolute atomic E-state index is 0.555. The van der Waals surface area contributed by atoms with E-state index in [1.54, 1.807) is 16.9 Å². The van der Waals surface area contributed by atoms with Crippen molar-refractivity contribution in [1.82, 2.24) is 0 Å². The third kappa shape index (κ3) is 3.44. The lowest BCUT2D eigenvalue weighted by Crippen LogP contribution is -2.47. The molecule has 1 heterocycles. The molecule has 0 aliphatic heterocycles. The molecule has 0 saturated carbocycles. The summed E-state index contributed by atoms with van der Waals surface area (Å²) in [4.78, 5) is 1.12. The van der Waals surface area contributed by atoms with Crippen LogP contribution in [0.15, 0.2) is 23.0 Å². The monoisotopic (exact) mass is 316 g/mol. The Kier molecular flexibility index (Phi) is 6.15. The van der Waals surface area contributed by atoms with Gasteiger partial charge in [-0.25, -0.2) is 0 Å². The quantitative estimate of drug-likeness (QED) is 0.431. The molecule has 0 fully saturated rings. The summed E-state index contributed by atoms with van der Waals surface area (Å²) in [6.07, 6.45) is 0. The molecule has 4 heteroatoms. The summed E-state index contributed by atoms with van der Waals surface area (Å²) in [6.45, 7) is 13.7. The van der Waals surface area contributed by atoms with Crippen molar-refractivity contribution < 1.29 is 4.43 Å². The van der Waals surface area contributed by atoms with E-state index < -0.39 is 8.32 Å². The lowest BCUT2D eigenvalue weighted by molar-refractivity contribution is 0.446. The third-order valence-corrected chi connectivity index (χ3v) is 10.9. The highest BCUT2D eigenvalue weighted by Gasteiger charge is 2.47. The first-order chi connectivity index (χ1) is 8.86. The van der Waals surface area contributed by atoms with Gasteiger partial charge >= 0.3 is 0 Å². The van der Waals surface area contributed by atoms with Crippen LogP contribution < -0.4 is 0 Å². The van der Waals surface area contributed by atoms with E-state index in [2.05, 4.69) is 53.0 Å². The highest BCUT2D eigenvalue weighted by atomic mass is 35.5. The maximum absolute atomic E-state index is 6.59. The van der Waals surface area contributed by atoms with Crippen LogP contribution in [0.4, 0.5) is 0 Å². The second kappa shape index (κ2) is 6.96. The lowest BCUT2D eigenvalue weighted by Gasteiger charge is -2.42. The minimum atomic E-state index is -1.91. The smallest absolute Gasteiger partial charge is 0.258 e. The Morgan fingerprint density at radius 3 is 2.00 bits per heavy atom. The Labute approximate surface area is 127 Å². The molecular formula is C15H25ClOSSi. The normalized spacial score (nSPS) is 13.7. The summed E-state index contributed by atoms with van der Waals surface area (Å²) >= 11 is 7.70. The van der Waals surface area contributed by atoms with Gasteiger partial charge in [0.05, 0.1) is 4.88 Å². The molecule has 108 valence electrons. The lowest BCUT2D eigenvalue weighted by atomic mass is 10.4. The van der Waals surface area contributed by atoms with Crippen LogP contribution in [0.2, 0.25) is 16.6 Å². The van der Waals surface area contributed by atoms with Crippen LogP contribution in [-0.2, 0) is 4.43 Å². The van der Waals surface area contributed by atoms with Crippen LogP contribution in [0.25, 0.3) is 5.76 Å². The zero-order chi connectivity index (χ0) is 14.6. The molecule has 0 saturated heterocycles. The fourth-order valence-corrected chi connectivity index (χ4v) is 9.40. The van der Waals surface area contributed by atoms with Crippen LogP contribution in [0, 0.1) is 0 Å². The average molecular weight is 317 g/mol. The van der Waals surface area contributed by atoms with Crippen LogP contribution in [0.1, 0.15) is 46.4 Å². The van der Waals surface area contributed by atoms with E-state index in [-0.39, 0.29) is 0 Å². The summed E-state index contributed by atoms with van der Waals surface area (Å²) in [7, 11) is -1.91. The van der Waals surface area contributed by atoms with E-state index in [4.69, 9.17) is 16.0 Å². The first kappa shape index (κ1) is 16.8. The number of halogens is 1. The van der Waals surface area contributed by atoms with E-state index in [0.29, 0.717) is 16.6 Å². The molecule has 0 bridgehead atoms. The van der Waals surface area contributed by atoms with Crippen molar-refractivity contribution in [3.8, 4) is 0 Å². The standard InChI is InChI=1S/C15H25ClOSSi/c1-11(2)19(12(3)4,13(5)6)17-14(10-16)15-8-7-9-18-15/h7-13H,1-6H3. The number of thiophene rings is 1. The van der Waals surface area contributed by atoms with Crippen molar-refractivity contribution in [2.24, 2.45) is 0 Å². The molecule has 1 aromatic rings. The van der Waals surface area contributed by atoms with Crippen LogP contribution in [0.5, 0.6) is 0 Å². The van der Waals surface area contributed by atoms with Crippen LogP contribution in [-0.4, -0.2) is 8.32 Å². The van der Waals surface area contributed by atoms with E-state index in [0.717, 1.165) is 10.6 Å². The highest BCUT2D eigenvalue weighted by molar-refractivity contribution is 7.11. The molecule has 1 nitrogen and oxygen atoms in total. The second-order valence-corrected chi connectivity index (χ2v) is 12.4. The molecule has 0 N–H and O–H groups in total. The Balaban J connectivity index is 3.14. The molecule has 0 aliphatic rings. The van der Waals surface area contributed by atoms with Crippen LogP contribution >= 0.6 is 22.9 Å². The SMILES string of the molecule is CC(C)[Si](OC(=CCl)c1cccs1)(C(C)C)C(C)C. The zero-order valence-corrected chi connectivity index (χ0v) is 15.3. The van der Waals surface area contributed by atoms with Crippen molar-refractivity contribution >= 4 is 37.0 Å². The topological polar surface area (TPSA) is 9.23 Å². The average Bonchev–Trinajstić information content (AvgIpc) is 2.82. The van der Waals surface area contributed by atoms with Gasteiger partial charge in [-0.05, 0) is 28.1 Å². The molecule has 0 atom stereocenters. The Morgan fingerprint density at radius 1 is 1.16 bits per heavy atom. The Bertz CT molecular complexity index is 388. The fourth-order valence-electron chi connectivity index (χ4n) is 3.09. The van der Waals surface area contributed by atoms with Gasteiger partial charge in [-0.1, -0.05) is 59.2 Å². The summed E-state index contributed by atoms with van der Waals surface area (Å²) < 4.78 is 6.59. The van der Waals surface area contributed by atoms with Gasteiger partial charge in [0.15, 0.2) is 0 Å². The van der Waals surface area contributed by atoms with Crippen molar-refractivity contribution in [2.45, 2.75) is 58.2 Å². The van der Waals surface area contributed by atoms with Crippen molar-refractivity contribution in [3.63, 3.8) is 0 Å². The zero-order valence-electron chi connectivity index (χ0n) is 12.7. The summed E-state index contributed by atoms with van der Waals surface area (Å²) in [5.41, 5.74) is 3.26. The van der Waals surface area contributed by atoms with E-state index in [1.807, 2.05) is 6.07 Å². The summed E-state index contributed by atoms with van der Waals surface area (Å²) in [5.74, 6) is 0.847. The first-order valence-corrected chi connectivity index (χ1v) is 10.3. The van der Waals surface area contributed by atoms with Gasteiger partial charge in [0.25, 0.3) is 8.32 Å². The van der Waals surface area contributed by atoms with E-state index >= 15 is 0 Å². The molecule has 0 spiro atoms. The van der Waals surface area contributed by atoms with Crippen molar-refractivity contribution in [3.05, 3.63) is 27.9 Å². The highest BCUT2D eigenvalue weighted by Crippen LogP contribution is 2.45. The molecule has 19 heavy (non-hydrogen) atoms. The molecular weight excluding hydrogens is 292 g/mol. The molecule has 0 amide bonds. The Morgan fingerprint density at radius 2 is 1.68 bits per heavy atom. The minimum Gasteiger partial charge on any atom is -0.541 e. The number of hydrogen-bond donors (Lipinski definition) is 0. The second-order valence-electron chi connectivity index (χ2n) is 5.87. The third-order valence-electron chi connectivity index (χ3n) is 3.86. The maximum atomic E-state index is 6.59. The van der Waals surface area contributed by atoms with Gasteiger partial charge < -0.3 is 4.43 Å². The van der Waals surface area contributed by atoms with E-state index in [1.165, 1.54) is 0 Å². The molecule has 0 unspecified atom stereocenters. The van der Waals surface area contributed by atoms with Gasteiger partial charge in [-0.15, -0.1) is 11.3 Å². The van der Waals surface area contributed by atoms with Gasteiger partial charge in [-0.3, -0.25) is 0 Å². The van der Waals surface area contributed by atoms with E-state index in [9.17, 15) is 0 Å². The number of rotatable bonds is 6. The van der Waals surface area contributed by atoms with Gasteiger partial charge in [-0.2, -0.15) is 0 Å². The van der Waals surface area contributed by atoms with Gasteiger partial charge in [0.2, 0.25) is 0 Å². The molecule has 1 aromatic heterocycles. The maximum Gasteiger partial charge on any atom is 0.258 e. The molecule has 0 radical (unpaired) electrons. The predicted molar refractivity (Wildman–Crippen MR) is 90.3 cm³/mol. The molecule has 0 aromatic carbocycles. The predicted octanol–water partition coefficient (Wildman–Crippen LogP) is 6.48. The van der Waals surface area contributed by atoms with Crippen LogP contribution in [0.3, 0.4) is 0 Å². The first-order valence-electron chi connectivity index (χ1n) is 6.89. The summed E-state index contributed by atoms with van der Waals surface area (Å²) in [5, 5.41) is 2.06. The fraction of sp³-hybridized carbons (Fsp3) is 0.600. The molecule has 0 aliphatic carbocycles. The van der Waals surface area contributed by atoms with Crippen molar-refractivity contribution in [2.75, 3.05) is 0 Å². The van der Waals surface area contributed by atoms with Gasteiger partial charge in [0.1, 0.15) is 5.76 Å². The summed E-state index contributed by atoms with van der Waals surface area (Å²) in [6, 6.07) is 4.10. The molecule has 1 rings (SSSR count). The largest absolute Gasteiger partial charge is 0.541 e. The Hall–Kier alpha value is -0.253. The van der Waals surface area contributed by atoms with Crippen molar-refractivity contribution in [1.29, 1.82) is 0 Å². The number of hydrogen-bond acceptors (Lipinski definition) is 2.